The Morgan fingerprint density at radius 2 is 1.70 bits per heavy atom. The molecular formula is C19H21Cl2N3O3. The molecule has 0 radical (unpaired) electrons. The topological polar surface area (TPSA) is 61.9 Å². The number of likely N-dealkylation sites (N-methyl/N-ethyl adjacent to an activating group) is 1. The monoisotopic (exact) mass is 409 g/mol. The predicted octanol–water partition coefficient (Wildman–Crippen LogP) is 4.12. The molecule has 0 saturated heterocycles. The van der Waals surface area contributed by atoms with Gasteiger partial charge in [-0.25, -0.2) is 4.79 Å². The number of urea groups is 1. The molecule has 27 heavy (non-hydrogen) atoms. The van der Waals surface area contributed by atoms with E-state index >= 15 is 0 Å². The quantitative estimate of drug-likeness (QED) is 0.779. The first-order chi connectivity index (χ1) is 12.8. The molecule has 0 saturated carbocycles. The lowest BCUT2D eigenvalue weighted by atomic mass is 10.2. The first-order valence-electron chi connectivity index (χ1n) is 8.16. The average molecular weight is 410 g/mol. The maximum Gasteiger partial charge on any atom is 0.321 e. The van der Waals surface area contributed by atoms with Gasteiger partial charge in [0.25, 0.3) is 5.91 Å². The van der Waals surface area contributed by atoms with Crippen LogP contribution in [0.25, 0.3) is 0 Å². The second-order valence-corrected chi connectivity index (χ2v) is 6.89. The lowest BCUT2D eigenvalue weighted by Crippen LogP contribution is -2.30. The molecule has 2 rings (SSSR count). The molecule has 2 aromatic rings. The number of amides is 3. The van der Waals surface area contributed by atoms with E-state index in [0.717, 1.165) is 5.56 Å². The van der Waals surface area contributed by atoms with Crippen molar-refractivity contribution in [3.8, 4) is 5.75 Å². The Morgan fingerprint density at radius 1 is 1.04 bits per heavy atom. The van der Waals surface area contributed by atoms with Crippen LogP contribution in [0.15, 0.2) is 42.5 Å². The first kappa shape index (κ1) is 20.9. The van der Waals surface area contributed by atoms with Crippen LogP contribution >= 0.6 is 23.2 Å². The zero-order chi connectivity index (χ0) is 20.0. The van der Waals surface area contributed by atoms with Crippen molar-refractivity contribution in [1.29, 1.82) is 0 Å². The van der Waals surface area contributed by atoms with Crippen LogP contribution in [-0.2, 0) is 11.3 Å². The molecule has 0 fully saturated rings. The summed E-state index contributed by atoms with van der Waals surface area (Å²) in [6, 6.07) is 11.8. The van der Waals surface area contributed by atoms with E-state index in [1.807, 2.05) is 6.07 Å². The summed E-state index contributed by atoms with van der Waals surface area (Å²) < 4.78 is 5.40. The third-order valence-corrected chi connectivity index (χ3v) is 4.61. The molecule has 144 valence electrons. The Bertz CT molecular complexity index is 810. The second kappa shape index (κ2) is 9.48. The summed E-state index contributed by atoms with van der Waals surface area (Å²) in [4.78, 5) is 26.8. The van der Waals surface area contributed by atoms with E-state index in [2.05, 4.69) is 5.32 Å². The van der Waals surface area contributed by atoms with Crippen LogP contribution in [0.1, 0.15) is 5.56 Å². The molecule has 0 aliphatic carbocycles. The third-order valence-electron chi connectivity index (χ3n) is 3.75. The normalized spacial score (nSPS) is 10.3. The van der Waals surface area contributed by atoms with Crippen molar-refractivity contribution in [2.24, 2.45) is 0 Å². The number of hydrogen-bond donors (Lipinski definition) is 1. The van der Waals surface area contributed by atoms with Gasteiger partial charge in [-0.1, -0.05) is 35.3 Å². The number of ether oxygens (including phenoxy) is 1. The van der Waals surface area contributed by atoms with Crippen molar-refractivity contribution in [3.05, 3.63) is 58.1 Å². The number of hydrogen-bond acceptors (Lipinski definition) is 3. The molecule has 8 heteroatoms. The first-order valence-corrected chi connectivity index (χ1v) is 8.91. The van der Waals surface area contributed by atoms with Crippen LogP contribution in [0.5, 0.6) is 5.75 Å². The lowest BCUT2D eigenvalue weighted by molar-refractivity contribution is -0.130. The molecule has 0 spiro atoms. The molecule has 0 heterocycles. The van der Waals surface area contributed by atoms with E-state index in [9.17, 15) is 9.59 Å². The summed E-state index contributed by atoms with van der Waals surface area (Å²) in [5.74, 6) is 0.413. The number of nitrogens with zero attached hydrogens (tertiary/aromatic N) is 2. The zero-order valence-electron chi connectivity index (χ0n) is 15.3. The van der Waals surface area contributed by atoms with Gasteiger partial charge in [0.2, 0.25) is 0 Å². The van der Waals surface area contributed by atoms with Crippen molar-refractivity contribution in [2.75, 3.05) is 33.1 Å². The van der Waals surface area contributed by atoms with E-state index in [4.69, 9.17) is 27.9 Å². The van der Waals surface area contributed by atoms with Crippen LogP contribution < -0.4 is 10.1 Å². The summed E-state index contributed by atoms with van der Waals surface area (Å²) in [7, 11) is 4.99. The molecule has 0 unspecified atom stereocenters. The van der Waals surface area contributed by atoms with Crippen LogP contribution in [0.4, 0.5) is 10.5 Å². The van der Waals surface area contributed by atoms with Crippen molar-refractivity contribution < 1.29 is 14.3 Å². The largest absolute Gasteiger partial charge is 0.484 e. The third kappa shape index (κ3) is 6.05. The summed E-state index contributed by atoms with van der Waals surface area (Å²) in [6.45, 7) is 0.279. The molecular weight excluding hydrogens is 389 g/mol. The van der Waals surface area contributed by atoms with Gasteiger partial charge in [-0.15, -0.1) is 0 Å². The number of carbonyl (C=O) groups is 2. The highest BCUT2D eigenvalue weighted by Gasteiger charge is 2.13. The molecule has 0 atom stereocenters. The average Bonchev–Trinajstić information content (AvgIpc) is 2.64. The molecule has 3 amide bonds. The minimum Gasteiger partial charge on any atom is -0.484 e. The molecule has 1 N–H and O–H groups in total. The number of nitrogens with one attached hydrogen (secondary N) is 1. The SMILES string of the molecule is CN(C)C(=O)COc1ccc(NC(=O)N(C)Cc2cccc(Cl)c2Cl)cc1. The highest BCUT2D eigenvalue weighted by molar-refractivity contribution is 6.42. The van der Waals surface area contributed by atoms with Crippen LogP contribution in [0, 0.1) is 0 Å². The van der Waals surface area contributed by atoms with Gasteiger partial charge < -0.3 is 19.9 Å². The van der Waals surface area contributed by atoms with Gasteiger partial charge in [0, 0.05) is 33.4 Å². The Kier molecular flexibility index (Phi) is 7.33. The van der Waals surface area contributed by atoms with Gasteiger partial charge in [0.1, 0.15) is 5.75 Å². The van der Waals surface area contributed by atoms with Crippen LogP contribution in [0.2, 0.25) is 10.0 Å². The van der Waals surface area contributed by atoms with E-state index in [-0.39, 0.29) is 18.5 Å². The van der Waals surface area contributed by atoms with Crippen molar-refractivity contribution >= 4 is 40.8 Å². The fraction of sp³-hybridized carbons (Fsp3) is 0.263. The minimum absolute atomic E-state index is 0.0398. The number of benzene rings is 2. The predicted molar refractivity (Wildman–Crippen MR) is 108 cm³/mol. The van der Waals surface area contributed by atoms with Crippen LogP contribution in [0.3, 0.4) is 0 Å². The fourth-order valence-corrected chi connectivity index (χ4v) is 2.51. The summed E-state index contributed by atoms with van der Waals surface area (Å²) in [5, 5.41) is 3.67. The lowest BCUT2D eigenvalue weighted by Gasteiger charge is -2.19. The number of anilines is 1. The van der Waals surface area contributed by atoms with Gasteiger partial charge in [0.05, 0.1) is 10.0 Å². The minimum atomic E-state index is -0.289. The molecule has 0 aliphatic rings. The fourth-order valence-electron chi connectivity index (χ4n) is 2.13. The number of carbonyl (C=O) groups excluding carboxylic acids is 2. The molecule has 2 aromatic carbocycles. The Hall–Kier alpha value is -2.44. The van der Waals surface area contributed by atoms with E-state index in [0.29, 0.717) is 28.0 Å². The van der Waals surface area contributed by atoms with E-state index in [1.54, 1.807) is 57.5 Å². The highest BCUT2D eigenvalue weighted by Crippen LogP contribution is 2.26. The maximum atomic E-state index is 12.3. The molecule has 0 aliphatic heterocycles. The Balaban J connectivity index is 1.91. The van der Waals surface area contributed by atoms with Gasteiger partial charge in [-0.3, -0.25) is 4.79 Å². The van der Waals surface area contributed by atoms with Gasteiger partial charge in [-0.2, -0.15) is 0 Å². The van der Waals surface area contributed by atoms with Gasteiger partial charge >= 0.3 is 6.03 Å². The zero-order valence-corrected chi connectivity index (χ0v) is 16.8. The van der Waals surface area contributed by atoms with Crippen molar-refractivity contribution in [2.45, 2.75) is 6.54 Å². The van der Waals surface area contributed by atoms with Crippen molar-refractivity contribution in [1.82, 2.24) is 9.80 Å². The molecule has 0 aromatic heterocycles. The summed E-state index contributed by atoms with van der Waals surface area (Å²) in [6.07, 6.45) is 0. The summed E-state index contributed by atoms with van der Waals surface area (Å²) in [5.41, 5.74) is 1.37. The van der Waals surface area contributed by atoms with E-state index in [1.165, 1.54) is 9.80 Å². The summed E-state index contributed by atoms with van der Waals surface area (Å²) >= 11 is 12.2. The maximum absolute atomic E-state index is 12.3. The molecule has 0 bridgehead atoms. The van der Waals surface area contributed by atoms with Crippen molar-refractivity contribution in [3.63, 3.8) is 0 Å². The smallest absolute Gasteiger partial charge is 0.321 e. The highest BCUT2D eigenvalue weighted by atomic mass is 35.5. The van der Waals surface area contributed by atoms with Gasteiger partial charge in [-0.05, 0) is 35.9 Å². The Labute approximate surface area is 168 Å². The van der Waals surface area contributed by atoms with Gasteiger partial charge in [0.15, 0.2) is 6.61 Å². The second-order valence-electron chi connectivity index (χ2n) is 6.10. The molecule has 6 nitrogen and oxygen atoms in total. The number of rotatable bonds is 6. The van der Waals surface area contributed by atoms with E-state index < -0.39 is 0 Å². The van der Waals surface area contributed by atoms with Crippen LogP contribution in [-0.4, -0.2) is 49.5 Å². The standard InChI is InChI=1S/C19H21Cl2N3O3/c1-23(2)17(25)12-27-15-9-7-14(8-10-15)22-19(26)24(3)11-13-5-4-6-16(20)18(13)21/h4-10H,11-12H2,1-3H3,(H,22,26). The Morgan fingerprint density at radius 3 is 2.33 bits per heavy atom. The number of halogens is 2.